The Morgan fingerprint density at radius 3 is 2.04 bits per heavy atom. The molecule has 0 radical (unpaired) electrons. The third-order valence-electron chi connectivity index (χ3n) is 4.95. The number of Topliss-reactive ketones (excluding diaryl/α,β-unsaturated/α-hetero) is 1. The van der Waals surface area contributed by atoms with Crippen molar-refractivity contribution in [2.45, 2.75) is 12.0 Å². The summed E-state index contributed by atoms with van der Waals surface area (Å²) in [7, 11) is 0. The molecule has 0 bridgehead atoms. The van der Waals surface area contributed by atoms with Crippen molar-refractivity contribution in [3.8, 4) is 0 Å². The third-order valence-corrected chi connectivity index (χ3v) is 4.95. The molecule has 6 nitrogen and oxygen atoms in total. The molecule has 1 amide bonds. The van der Waals surface area contributed by atoms with Crippen LogP contribution in [0.15, 0.2) is 84.9 Å². The molecule has 1 atom stereocenters. The highest BCUT2D eigenvalue weighted by Crippen LogP contribution is 2.40. The number of hydrogen-bond donors (Lipinski definition) is 0. The summed E-state index contributed by atoms with van der Waals surface area (Å²) in [5.41, 5.74) is -0.862. The van der Waals surface area contributed by atoms with Crippen molar-refractivity contribution in [2.75, 3.05) is 4.90 Å². The molecular weight excluding hydrogens is 356 g/mol. The van der Waals surface area contributed by atoms with Gasteiger partial charge in [0, 0.05) is 10.6 Å². The summed E-state index contributed by atoms with van der Waals surface area (Å²) in [5, 5.41) is 12.2. The Bertz CT molecular complexity index is 1070. The van der Waals surface area contributed by atoms with Crippen LogP contribution in [0.4, 0.5) is 11.4 Å². The molecule has 0 spiro atoms. The molecule has 138 valence electrons. The van der Waals surface area contributed by atoms with Gasteiger partial charge in [-0.25, -0.2) is 0 Å². The fraction of sp³-hybridized carbons (Fsp3) is 0.0909. The molecule has 0 aromatic heterocycles. The predicted molar refractivity (Wildman–Crippen MR) is 104 cm³/mol. The molecule has 3 aromatic carbocycles. The van der Waals surface area contributed by atoms with E-state index in [1.165, 1.54) is 11.0 Å². The number of amides is 1. The molecule has 28 heavy (non-hydrogen) atoms. The Morgan fingerprint density at radius 2 is 1.39 bits per heavy atom. The maximum Gasteiger partial charge on any atom is 0.364 e. The van der Waals surface area contributed by atoms with Crippen molar-refractivity contribution in [2.24, 2.45) is 0 Å². The summed E-state index contributed by atoms with van der Waals surface area (Å²) in [6.07, 6.45) is -0.309. The summed E-state index contributed by atoms with van der Waals surface area (Å²) < 4.78 is 0. The highest BCUT2D eigenvalue weighted by molar-refractivity contribution is 6.29. The number of nitrogens with zero attached hydrogens (tertiary/aromatic N) is 2. The van der Waals surface area contributed by atoms with Crippen LogP contribution < -0.4 is 4.90 Å². The van der Waals surface area contributed by atoms with Gasteiger partial charge in [-0.15, -0.1) is 0 Å². The zero-order valence-corrected chi connectivity index (χ0v) is 14.8. The number of para-hydroxylation sites is 2. The normalized spacial score (nSPS) is 18.6. The van der Waals surface area contributed by atoms with Gasteiger partial charge >= 0.3 is 11.4 Å². The number of benzene rings is 3. The van der Waals surface area contributed by atoms with Crippen molar-refractivity contribution in [1.82, 2.24) is 0 Å². The maximum absolute atomic E-state index is 13.5. The summed E-state index contributed by atoms with van der Waals surface area (Å²) in [6.45, 7) is 0. The molecule has 4 rings (SSSR count). The number of anilines is 2. The fourth-order valence-electron chi connectivity index (χ4n) is 3.58. The summed E-state index contributed by atoms with van der Waals surface area (Å²) in [4.78, 5) is 39.6. The molecular formula is C22H16N2O4. The highest BCUT2D eigenvalue weighted by Gasteiger charge is 2.63. The second-order valence-corrected chi connectivity index (χ2v) is 6.60. The van der Waals surface area contributed by atoms with Gasteiger partial charge in [-0.05, 0) is 29.8 Å². The number of carbonyl (C=O) groups is 2. The molecule has 0 unspecified atom stereocenters. The van der Waals surface area contributed by atoms with E-state index >= 15 is 0 Å². The van der Waals surface area contributed by atoms with Gasteiger partial charge in [0.05, 0.1) is 17.7 Å². The summed E-state index contributed by atoms with van der Waals surface area (Å²) in [6, 6.07) is 23.8. The molecule has 1 aliphatic heterocycles. The third kappa shape index (κ3) is 2.58. The van der Waals surface area contributed by atoms with Crippen LogP contribution in [0.1, 0.15) is 15.9 Å². The van der Waals surface area contributed by atoms with Crippen LogP contribution in [-0.2, 0) is 11.2 Å². The standard InChI is InChI=1S/C22H16N2O4/c25-20-18-13-7-8-14-19(18)23(17-11-5-2-6-12-17)21(26)22(20,24(27)28)15-16-9-3-1-4-10-16/h1-14H,15H2/t22-/m1/s1. The molecule has 1 heterocycles. The predicted octanol–water partition coefficient (Wildman–Crippen LogP) is 3.81. The first-order valence-electron chi connectivity index (χ1n) is 8.77. The lowest BCUT2D eigenvalue weighted by Gasteiger charge is -2.36. The number of fused-ring (bicyclic) bond motifs is 1. The van der Waals surface area contributed by atoms with Crippen LogP contribution in [0.3, 0.4) is 0 Å². The van der Waals surface area contributed by atoms with Crippen LogP contribution in [0.25, 0.3) is 0 Å². The molecule has 3 aromatic rings. The van der Waals surface area contributed by atoms with E-state index in [1.807, 2.05) is 0 Å². The Hall–Kier alpha value is -3.80. The number of carbonyl (C=O) groups excluding carboxylic acids is 2. The van der Waals surface area contributed by atoms with Crippen LogP contribution in [0, 0.1) is 10.1 Å². The first kappa shape index (κ1) is 17.6. The second-order valence-electron chi connectivity index (χ2n) is 6.60. The van der Waals surface area contributed by atoms with Crippen LogP contribution >= 0.6 is 0 Å². The second kappa shape index (κ2) is 6.74. The van der Waals surface area contributed by atoms with E-state index in [0.29, 0.717) is 16.9 Å². The van der Waals surface area contributed by atoms with Crippen molar-refractivity contribution in [3.63, 3.8) is 0 Å². The molecule has 0 saturated heterocycles. The van der Waals surface area contributed by atoms with Crippen molar-refractivity contribution in [1.29, 1.82) is 0 Å². The Balaban J connectivity index is 1.96. The largest absolute Gasteiger partial charge is 0.364 e. The van der Waals surface area contributed by atoms with Gasteiger partial charge < -0.3 is 0 Å². The number of rotatable bonds is 4. The van der Waals surface area contributed by atoms with Crippen LogP contribution in [0.5, 0.6) is 0 Å². The lowest BCUT2D eigenvalue weighted by atomic mass is 9.79. The van der Waals surface area contributed by atoms with E-state index in [-0.39, 0.29) is 12.0 Å². The van der Waals surface area contributed by atoms with E-state index in [9.17, 15) is 19.7 Å². The lowest BCUT2D eigenvalue weighted by Crippen LogP contribution is -2.62. The van der Waals surface area contributed by atoms with Gasteiger partial charge in [0.25, 0.3) is 5.78 Å². The monoisotopic (exact) mass is 372 g/mol. The minimum absolute atomic E-state index is 0.165. The average molecular weight is 372 g/mol. The van der Waals surface area contributed by atoms with Gasteiger partial charge in [0.15, 0.2) is 0 Å². The molecule has 1 aliphatic rings. The van der Waals surface area contributed by atoms with E-state index in [1.54, 1.807) is 78.9 Å². The lowest BCUT2D eigenvalue weighted by molar-refractivity contribution is -0.532. The average Bonchev–Trinajstić information content (AvgIpc) is 2.72. The number of ketones is 1. The van der Waals surface area contributed by atoms with Crippen LogP contribution in [-0.4, -0.2) is 22.2 Å². The first-order valence-corrected chi connectivity index (χ1v) is 8.77. The minimum Gasteiger partial charge on any atom is -0.285 e. The van der Waals surface area contributed by atoms with Gasteiger partial charge in [0.1, 0.15) is 0 Å². The maximum atomic E-state index is 13.5. The fourth-order valence-corrected chi connectivity index (χ4v) is 3.58. The van der Waals surface area contributed by atoms with Crippen molar-refractivity contribution in [3.05, 3.63) is 106 Å². The SMILES string of the molecule is O=C1c2ccccc2N(c2ccccc2)C(=O)[C@]1(Cc1ccccc1)[N+](=O)[O-]. The minimum atomic E-state index is -2.41. The number of nitro groups is 1. The molecule has 0 N–H and O–H groups in total. The topological polar surface area (TPSA) is 80.5 Å². The van der Waals surface area contributed by atoms with E-state index in [4.69, 9.17) is 0 Å². The van der Waals surface area contributed by atoms with Gasteiger partial charge in [-0.1, -0.05) is 60.7 Å². The smallest absolute Gasteiger partial charge is 0.285 e. The van der Waals surface area contributed by atoms with E-state index in [0.717, 1.165) is 0 Å². The van der Waals surface area contributed by atoms with Crippen LogP contribution in [0.2, 0.25) is 0 Å². The van der Waals surface area contributed by atoms with Crippen molar-refractivity contribution >= 4 is 23.1 Å². The summed E-state index contributed by atoms with van der Waals surface area (Å²) in [5.74, 6) is -1.63. The van der Waals surface area contributed by atoms with Crippen molar-refractivity contribution < 1.29 is 14.5 Å². The quantitative estimate of drug-likeness (QED) is 0.396. The molecule has 0 aliphatic carbocycles. The molecule has 0 fully saturated rings. The number of hydrogen-bond acceptors (Lipinski definition) is 4. The zero-order chi connectivity index (χ0) is 19.7. The molecule has 0 saturated carbocycles. The van der Waals surface area contributed by atoms with Gasteiger partial charge in [-0.2, -0.15) is 0 Å². The Morgan fingerprint density at radius 1 is 0.821 bits per heavy atom. The van der Waals surface area contributed by atoms with E-state index in [2.05, 4.69) is 0 Å². The van der Waals surface area contributed by atoms with Gasteiger partial charge in [-0.3, -0.25) is 24.6 Å². The molecule has 6 heteroatoms. The van der Waals surface area contributed by atoms with E-state index < -0.39 is 22.2 Å². The first-order chi connectivity index (χ1) is 13.6. The Labute approximate surface area is 161 Å². The van der Waals surface area contributed by atoms with Gasteiger partial charge in [0.2, 0.25) is 0 Å². The highest BCUT2D eigenvalue weighted by atomic mass is 16.6. The summed E-state index contributed by atoms with van der Waals surface area (Å²) >= 11 is 0. The zero-order valence-electron chi connectivity index (χ0n) is 14.8. The Kier molecular flexibility index (Phi) is 4.24.